The van der Waals surface area contributed by atoms with Gasteiger partial charge in [-0.1, -0.05) is 31.5 Å². The lowest BCUT2D eigenvalue weighted by atomic mass is 10.1. The van der Waals surface area contributed by atoms with Gasteiger partial charge in [0.25, 0.3) is 0 Å². The summed E-state index contributed by atoms with van der Waals surface area (Å²) >= 11 is 0. The Morgan fingerprint density at radius 2 is 1.44 bits per heavy atom. The minimum absolute atomic E-state index is 0.830. The van der Waals surface area contributed by atoms with Crippen molar-refractivity contribution < 1.29 is 0 Å². The van der Waals surface area contributed by atoms with Crippen LogP contribution in [0, 0.1) is 34.6 Å². The number of rotatable bonds is 6. The average molecular weight is 365 g/mol. The third-order valence-corrected chi connectivity index (χ3v) is 5.09. The highest BCUT2D eigenvalue weighted by molar-refractivity contribution is 5.92. The Balaban J connectivity index is 2.30. The molecule has 0 saturated heterocycles. The largest absolute Gasteiger partial charge is 0.356 e. The zero-order chi connectivity index (χ0) is 19.7. The molecular weight excluding hydrogens is 332 g/mol. The number of benzene rings is 1. The standard InChI is InChI=1S/C23H32N4/c1-8-10-26(11-9-2)22-20-18(6)14-27(23(20)25-19(7)24-22)21-16(4)12-15(3)13-17(21)5/h12-14H,8-11H2,1-7H3. The maximum Gasteiger partial charge on any atom is 0.150 e. The van der Waals surface area contributed by atoms with E-state index in [1.807, 2.05) is 6.92 Å². The predicted molar refractivity (Wildman–Crippen MR) is 115 cm³/mol. The van der Waals surface area contributed by atoms with Crippen LogP contribution in [0.3, 0.4) is 0 Å². The van der Waals surface area contributed by atoms with Crippen molar-refractivity contribution in [1.29, 1.82) is 0 Å². The van der Waals surface area contributed by atoms with Gasteiger partial charge in [0.1, 0.15) is 11.6 Å². The highest BCUT2D eigenvalue weighted by atomic mass is 15.2. The fraction of sp³-hybridized carbons (Fsp3) is 0.478. The first-order chi connectivity index (χ1) is 12.9. The third-order valence-electron chi connectivity index (χ3n) is 5.09. The first kappa shape index (κ1) is 19.4. The summed E-state index contributed by atoms with van der Waals surface area (Å²) in [5.74, 6) is 1.91. The van der Waals surface area contributed by atoms with E-state index in [0.717, 1.165) is 43.2 Å². The van der Waals surface area contributed by atoms with Crippen molar-refractivity contribution in [3.8, 4) is 5.69 Å². The summed E-state index contributed by atoms with van der Waals surface area (Å²) in [7, 11) is 0. The Kier molecular flexibility index (Phi) is 5.54. The smallest absolute Gasteiger partial charge is 0.150 e. The normalized spacial score (nSPS) is 11.4. The monoisotopic (exact) mass is 364 g/mol. The van der Waals surface area contributed by atoms with E-state index in [1.165, 1.54) is 33.3 Å². The Morgan fingerprint density at radius 3 is 2.00 bits per heavy atom. The number of aromatic nitrogens is 3. The van der Waals surface area contributed by atoms with Crippen LogP contribution in [-0.2, 0) is 0 Å². The zero-order valence-corrected chi connectivity index (χ0v) is 17.8. The lowest BCUT2D eigenvalue weighted by Gasteiger charge is -2.24. The topological polar surface area (TPSA) is 34.0 Å². The van der Waals surface area contributed by atoms with Crippen molar-refractivity contribution in [2.75, 3.05) is 18.0 Å². The molecule has 0 fully saturated rings. The molecule has 27 heavy (non-hydrogen) atoms. The first-order valence-electron chi connectivity index (χ1n) is 10.1. The molecular formula is C23H32N4. The fourth-order valence-electron chi connectivity index (χ4n) is 4.20. The maximum atomic E-state index is 4.87. The first-order valence-corrected chi connectivity index (χ1v) is 10.1. The Labute approximate surface area is 163 Å². The van der Waals surface area contributed by atoms with Gasteiger partial charge in [-0.15, -0.1) is 0 Å². The predicted octanol–water partition coefficient (Wildman–Crippen LogP) is 5.59. The number of fused-ring (bicyclic) bond motifs is 1. The molecule has 0 aliphatic rings. The number of nitrogens with zero attached hydrogens (tertiary/aromatic N) is 4. The van der Waals surface area contributed by atoms with Crippen molar-refractivity contribution in [3.05, 3.63) is 46.4 Å². The lowest BCUT2D eigenvalue weighted by Crippen LogP contribution is -2.26. The fourth-order valence-corrected chi connectivity index (χ4v) is 4.20. The van der Waals surface area contributed by atoms with Gasteiger partial charge in [0.2, 0.25) is 0 Å². The van der Waals surface area contributed by atoms with E-state index < -0.39 is 0 Å². The second kappa shape index (κ2) is 7.71. The maximum absolute atomic E-state index is 4.87. The molecule has 0 unspecified atom stereocenters. The van der Waals surface area contributed by atoms with E-state index in [4.69, 9.17) is 9.97 Å². The molecule has 4 nitrogen and oxygen atoms in total. The van der Waals surface area contributed by atoms with Crippen LogP contribution in [0.25, 0.3) is 16.7 Å². The summed E-state index contributed by atoms with van der Waals surface area (Å²) in [6.07, 6.45) is 4.45. The van der Waals surface area contributed by atoms with Crippen LogP contribution in [-0.4, -0.2) is 27.6 Å². The summed E-state index contributed by atoms with van der Waals surface area (Å²) in [6, 6.07) is 4.50. The molecule has 4 heteroatoms. The summed E-state index contributed by atoms with van der Waals surface area (Å²) in [6.45, 7) is 17.2. The third kappa shape index (κ3) is 3.58. The number of aryl methyl sites for hydroxylation is 5. The van der Waals surface area contributed by atoms with E-state index in [1.54, 1.807) is 0 Å². The molecule has 0 atom stereocenters. The van der Waals surface area contributed by atoms with Crippen LogP contribution in [0.5, 0.6) is 0 Å². The molecule has 0 amide bonds. The molecule has 2 heterocycles. The molecule has 1 aromatic carbocycles. The molecule has 0 N–H and O–H groups in total. The van der Waals surface area contributed by atoms with E-state index in [9.17, 15) is 0 Å². The van der Waals surface area contributed by atoms with Crippen LogP contribution in [0.15, 0.2) is 18.3 Å². The van der Waals surface area contributed by atoms with Gasteiger partial charge in [-0.2, -0.15) is 0 Å². The second-order valence-corrected chi connectivity index (χ2v) is 7.71. The van der Waals surface area contributed by atoms with Crippen LogP contribution < -0.4 is 4.90 Å². The Morgan fingerprint density at radius 1 is 0.852 bits per heavy atom. The SMILES string of the molecule is CCCN(CCC)c1nc(C)nc2c1c(C)cn2-c1c(C)cc(C)cc1C. The summed E-state index contributed by atoms with van der Waals surface area (Å²) in [5.41, 5.74) is 7.34. The van der Waals surface area contributed by atoms with Gasteiger partial charge in [0.15, 0.2) is 5.65 Å². The summed E-state index contributed by atoms with van der Waals surface area (Å²) in [5, 5.41) is 1.18. The Hall–Kier alpha value is -2.36. The molecule has 0 bridgehead atoms. The van der Waals surface area contributed by atoms with Gasteiger partial charge in [-0.25, -0.2) is 9.97 Å². The van der Waals surface area contributed by atoms with Crippen LogP contribution >= 0.6 is 0 Å². The highest BCUT2D eigenvalue weighted by Gasteiger charge is 2.20. The van der Waals surface area contributed by atoms with Crippen molar-refractivity contribution in [3.63, 3.8) is 0 Å². The van der Waals surface area contributed by atoms with Crippen molar-refractivity contribution >= 4 is 16.9 Å². The number of anilines is 1. The Bertz CT molecular complexity index is 939. The van der Waals surface area contributed by atoms with E-state index in [2.05, 4.69) is 69.3 Å². The molecule has 0 radical (unpaired) electrons. The minimum atomic E-state index is 0.830. The van der Waals surface area contributed by atoms with Gasteiger partial charge < -0.3 is 9.47 Å². The molecule has 3 rings (SSSR count). The number of hydrogen-bond donors (Lipinski definition) is 0. The van der Waals surface area contributed by atoms with Crippen LogP contribution in [0.1, 0.15) is 54.8 Å². The van der Waals surface area contributed by atoms with Crippen molar-refractivity contribution in [1.82, 2.24) is 14.5 Å². The quantitative estimate of drug-likeness (QED) is 0.572. The highest BCUT2D eigenvalue weighted by Crippen LogP contribution is 2.33. The molecule has 144 valence electrons. The van der Waals surface area contributed by atoms with Crippen molar-refractivity contribution in [2.24, 2.45) is 0 Å². The molecule has 0 aliphatic heterocycles. The van der Waals surface area contributed by atoms with Gasteiger partial charge in [0.05, 0.1) is 11.1 Å². The van der Waals surface area contributed by atoms with Crippen LogP contribution in [0.2, 0.25) is 0 Å². The minimum Gasteiger partial charge on any atom is -0.356 e. The van der Waals surface area contributed by atoms with E-state index >= 15 is 0 Å². The summed E-state index contributed by atoms with van der Waals surface area (Å²) < 4.78 is 2.27. The van der Waals surface area contributed by atoms with E-state index in [-0.39, 0.29) is 0 Å². The molecule has 0 saturated carbocycles. The molecule has 3 aromatic rings. The molecule has 0 spiro atoms. The average Bonchev–Trinajstić information content (AvgIpc) is 2.89. The van der Waals surface area contributed by atoms with Gasteiger partial charge >= 0.3 is 0 Å². The van der Waals surface area contributed by atoms with Gasteiger partial charge in [-0.05, 0) is 64.2 Å². The second-order valence-electron chi connectivity index (χ2n) is 7.71. The molecule has 2 aromatic heterocycles. The van der Waals surface area contributed by atoms with Crippen LogP contribution in [0.4, 0.5) is 5.82 Å². The zero-order valence-electron chi connectivity index (χ0n) is 17.8. The van der Waals surface area contributed by atoms with Gasteiger partial charge in [-0.3, -0.25) is 0 Å². The van der Waals surface area contributed by atoms with Gasteiger partial charge in [0, 0.05) is 19.3 Å². The van der Waals surface area contributed by atoms with Crippen molar-refractivity contribution in [2.45, 2.75) is 61.3 Å². The lowest BCUT2D eigenvalue weighted by molar-refractivity contribution is 0.734. The number of hydrogen-bond acceptors (Lipinski definition) is 3. The summed E-state index contributed by atoms with van der Waals surface area (Å²) in [4.78, 5) is 12.2. The van der Waals surface area contributed by atoms with E-state index in [0.29, 0.717) is 0 Å². The molecule has 0 aliphatic carbocycles.